The van der Waals surface area contributed by atoms with Crippen molar-refractivity contribution in [2.45, 2.75) is 57.4 Å². The molecule has 4 heteroatoms. The number of aliphatic imine (C=N–C) groups is 1. The highest BCUT2D eigenvalue weighted by molar-refractivity contribution is 5.80. The predicted octanol–water partition coefficient (Wildman–Crippen LogP) is 2.53. The largest absolute Gasteiger partial charge is 0.356 e. The summed E-state index contributed by atoms with van der Waals surface area (Å²) in [4.78, 5) is 6.93. The summed E-state index contributed by atoms with van der Waals surface area (Å²) >= 11 is 0. The topological polar surface area (TPSA) is 39.7 Å². The zero-order valence-corrected chi connectivity index (χ0v) is 13.6. The third-order valence-electron chi connectivity index (χ3n) is 4.46. The van der Waals surface area contributed by atoms with Crippen molar-refractivity contribution in [3.63, 3.8) is 0 Å². The molecule has 1 fully saturated rings. The average molecular weight is 292 g/mol. The van der Waals surface area contributed by atoms with E-state index in [1.807, 2.05) is 7.05 Å². The van der Waals surface area contributed by atoms with Crippen LogP contribution in [0.2, 0.25) is 0 Å². The van der Waals surface area contributed by atoms with Crippen molar-refractivity contribution < 1.29 is 0 Å². The molecule has 0 amide bonds. The van der Waals surface area contributed by atoms with E-state index in [-0.39, 0.29) is 0 Å². The van der Waals surface area contributed by atoms with E-state index in [2.05, 4.69) is 32.7 Å². The maximum atomic E-state index is 4.30. The van der Waals surface area contributed by atoms with Gasteiger partial charge in [0.15, 0.2) is 5.96 Å². The Morgan fingerprint density at radius 1 is 1.10 bits per heavy atom. The molecular weight excluding hydrogens is 260 g/mol. The van der Waals surface area contributed by atoms with Crippen LogP contribution < -0.4 is 10.6 Å². The smallest absolute Gasteiger partial charge is 0.191 e. The van der Waals surface area contributed by atoms with E-state index in [9.17, 15) is 0 Å². The van der Waals surface area contributed by atoms with Gasteiger partial charge >= 0.3 is 0 Å². The van der Waals surface area contributed by atoms with Crippen LogP contribution >= 0.6 is 0 Å². The molecular formula is C17H32N4. The van der Waals surface area contributed by atoms with Crippen LogP contribution in [-0.4, -0.2) is 50.1 Å². The van der Waals surface area contributed by atoms with Crippen LogP contribution in [-0.2, 0) is 0 Å². The lowest BCUT2D eigenvalue weighted by molar-refractivity contribution is 0.224. The Bertz CT molecular complexity index is 324. The van der Waals surface area contributed by atoms with Gasteiger partial charge in [-0.3, -0.25) is 4.99 Å². The maximum absolute atomic E-state index is 4.30. The molecule has 1 saturated heterocycles. The summed E-state index contributed by atoms with van der Waals surface area (Å²) in [6, 6.07) is 0.537. The second-order valence-electron chi connectivity index (χ2n) is 6.25. The third kappa shape index (κ3) is 6.51. The number of piperidine rings is 1. The highest BCUT2D eigenvalue weighted by Gasteiger charge is 2.11. The zero-order chi connectivity index (χ0) is 14.8. The zero-order valence-electron chi connectivity index (χ0n) is 13.6. The molecule has 0 aromatic carbocycles. The van der Waals surface area contributed by atoms with Crippen LogP contribution in [0.1, 0.15) is 51.4 Å². The lowest BCUT2D eigenvalue weighted by Gasteiger charge is -2.26. The number of nitrogens with one attached hydrogen (secondary N) is 2. The molecule has 0 unspecified atom stereocenters. The molecule has 1 aliphatic heterocycles. The van der Waals surface area contributed by atoms with Gasteiger partial charge in [-0.1, -0.05) is 25.0 Å². The quantitative estimate of drug-likeness (QED) is 0.328. The third-order valence-corrected chi connectivity index (χ3v) is 4.46. The van der Waals surface area contributed by atoms with Crippen molar-refractivity contribution in [2.24, 2.45) is 4.99 Å². The second-order valence-corrected chi connectivity index (χ2v) is 6.25. The fourth-order valence-electron chi connectivity index (χ4n) is 3.15. The van der Waals surface area contributed by atoms with Crippen LogP contribution in [0.3, 0.4) is 0 Å². The normalized spacial score (nSPS) is 20.9. The van der Waals surface area contributed by atoms with Crippen LogP contribution in [0.15, 0.2) is 17.1 Å². The summed E-state index contributed by atoms with van der Waals surface area (Å²) in [6.07, 6.45) is 14.8. The molecule has 120 valence electrons. The molecule has 0 bridgehead atoms. The van der Waals surface area contributed by atoms with E-state index in [0.29, 0.717) is 6.04 Å². The summed E-state index contributed by atoms with van der Waals surface area (Å²) in [5.74, 6) is 0.958. The first-order valence-electron chi connectivity index (χ1n) is 8.73. The molecule has 0 aromatic heterocycles. The monoisotopic (exact) mass is 292 g/mol. The highest BCUT2D eigenvalue weighted by Crippen LogP contribution is 2.10. The Morgan fingerprint density at radius 2 is 1.86 bits per heavy atom. The summed E-state index contributed by atoms with van der Waals surface area (Å²) in [5.41, 5.74) is 0. The minimum Gasteiger partial charge on any atom is -0.356 e. The number of guanidine groups is 1. The molecule has 2 N–H and O–H groups in total. The first-order chi connectivity index (χ1) is 10.4. The number of nitrogens with zero attached hydrogens (tertiary/aromatic N) is 2. The second kappa shape index (κ2) is 9.82. The highest BCUT2D eigenvalue weighted by atomic mass is 15.2. The Balaban J connectivity index is 1.46. The van der Waals surface area contributed by atoms with Gasteiger partial charge in [-0.05, 0) is 58.2 Å². The van der Waals surface area contributed by atoms with Crippen molar-refractivity contribution in [1.82, 2.24) is 15.5 Å². The molecule has 0 aromatic rings. The molecule has 2 aliphatic rings. The van der Waals surface area contributed by atoms with Gasteiger partial charge in [0.1, 0.15) is 0 Å². The van der Waals surface area contributed by atoms with E-state index >= 15 is 0 Å². The Hall–Kier alpha value is -1.03. The fourth-order valence-corrected chi connectivity index (χ4v) is 3.15. The van der Waals surface area contributed by atoms with Gasteiger partial charge in [0.25, 0.3) is 0 Å². The van der Waals surface area contributed by atoms with Crippen molar-refractivity contribution in [3.05, 3.63) is 12.2 Å². The van der Waals surface area contributed by atoms with Crippen LogP contribution in [0.4, 0.5) is 0 Å². The minimum atomic E-state index is 0.537. The van der Waals surface area contributed by atoms with Gasteiger partial charge in [0.05, 0.1) is 0 Å². The first kappa shape index (κ1) is 16.3. The lowest BCUT2D eigenvalue weighted by Crippen LogP contribution is -2.42. The number of hydrogen-bond donors (Lipinski definition) is 2. The van der Waals surface area contributed by atoms with Gasteiger partial charge < -0.3 is 15.5 Å². The lowest BCUT2D eigenvalue weighted by atomic mass is 10.1. The van der Waals surface area contributed by atoms with E-state index < -0.39 is 0 Å². The van der Waals surface area contributed by atoms with E-state index in [4.69, 9.17) is 0 Å². The summed E-state index contributed by atoms with van der Waals surface area (Å²) < 4.78 is 0. The first-order valence-corrected chi connectivity index (χ1v) is 8.73. The van der Waals surface area contributed by atoms with Gasteiger partial charge in [-0.2, -0.15) is 0 Å². The Morgan fingerprint density at radius 3 is 2.57 bits per heavy atom. The van der Waals surface area contributed by atoms with E-state index in [1.165, 1.54) is 58.2 Å². The molecule has 2 rings (SSSR count). The van der Waals surface area contributed by atoms with Gasteiger partial charge in [0.2, 0.25) is 0 Å². The van der Waals surface area contributed by atoms with E-state index in [0.717, 1.165) is 25.3 Å². The molecule has 1 heterocycles. The molecule has 0 spiro atoms. The van der Waals surface area contributed by atoms with Gasteiger partial charge in [-0.15, -0.1) is 0 Å². The molecule has 1 aliphatic carbocycles. The number of likely N-dealkylation sites (tertiary alicyclic amines) is 1. The number of rotatable bonds is 7. The van der Waals surface area contributed by atoms with Crippen LogP contribution in [0.25, 0.3) is 0 Å². The number of unbranched alkanes of at least 4 members (excludes halogenated alkanes) is 2. The SMILES string of the molecule is CN=C(NCCCCCN1CCCCC1)NC1CC=CC1. The molecule has 0 radical (unpaired) electrons. The standard InChI is InChI=1S/C17H32N4/c1-18-17(20-16-10-4-5-11-16)19-12-6-2-7-13-21-14-8-3-9-15-21/h4-5,16H,2-3,6-15H2,1H3,(H2,18,19,20). The minimum absolute atomic E-state index is 0.537. The van der Waals surface area contributed by atoms with Gasteiger partial charge in [0, 0.05) is 19.6 Å². The molecule has 0 saturated carbocycles. The van der Waals surface area contributed by atoms with Crippen LogP contribution in [0.5, 0.6) is 0 Å². The maximum Gasteiger partial charge on any atom is 0.191 e. The van der Waals surface area contributed by atoms with Gasteiger partial charge in [-0.25, -0.2) is 0 Å². The predicted molar refractivity (Wildman–Crippen MR) is 90.8 cm³/mol. The van der Waals surface area contributed by atoms with Crippen molar-refractivity contribution in [3.8, 4) is 0 Å². The molecule has 4 nitrogen and oxygen atoms in total. The molecule has 21 heavy (non-hydrogen) atoms. The van der Waals surface area contributed by atoms with E-state index in [1.54, 1.807) is 0 Å². The fraction of sp³-hybridized carbons (Fsp3) is 0.824. The van der Waals surface area contributed by atoms with Crippen molar-refractivity contribution in [2.75, 3.05) is 33.2 Å². The summed E-state index contributed by atoms with van der Waals surface area (Å²) in [7, 11) is 1.86. The summed E-state index contributed by atoms with van der Waals surface area (Å²) in [6.45, 7) is 4.97. The summed E-state index contributed by atoms with van der Waals surface area (Å²) in [5, 5.41) is 6.91. The average Bonchev–Trinajstić information content (AvgIpc) is 3.03. The van der Waals surface area contributed by atoms with Crippen molar-refractivity contribution in [1.29, 1.82) is 0 Å². The molecule has 0 atom stereocenters. The number of hydrogen-bond acceptors (Lipinski definition) is 2. The Labute approximate surface area is 130 Å². The van der Waals surface area contributed by atoms with Crippen LogP contribution in [0, 0.1) is 0 Å². The van der Waals surface area contributed by atoms with Crippen molar-refractivity contribution >= 4 is 5.96 Å². The Kier molecular flexibility index (Phi) is 7.65.